The summed E-state index contributed by atoms with van der Waals surface area (Å²) in [7, 11) is 1.92. The second-order valence-electron chi connectivity index (χ2n) is 4.86. The third kappa shape index (κ3) is 3.92. The van der Waals surface area contributed by atoms with Crippen LogP contribution >= 0.6 is 0 Å². The van der Waals surface area contributed by atoms with Gasteiger partial charge in [0.25, 0.3) is 0 Å². The van der Waals surface area contributed by atoms with E-state index in [2.05, 4.69) is 15.3 Å². The molecule has 1 aromatic rings. The maximum Gasteiger partial charge on any atom is 0.147 e. The van der Waals surface area contributed by atoms with Gasteiger partial charge in [0.1, 0.15) is 5.78 Å². The van der Waals surface area contributed by atoms with E-state index in [1.807, 2.05) is 17.8 Å². The third-order valence-corrected chi connectivity index (χ3v) is 3.42. The van der Waals surface area contributed by atoms with Crippen molar-refractivity contribution in [2.45, 2.75) is 19.3 Å². The number of aromatic nitrogens is 2. The summed E-state index contributed by atoms with van der Waals surface area (Å²) < 4.78 is 1.84. The number of carbonyl (C=O) groups excluding carboxylic acids is 1. The molecule has 1 N–H and O–H groups in total. The molecule has 2 rings (SSSR count). The average molecular weight is 250 g/mol. The zero-order valence-corrected chi connectivity index (χ0v) is 11.1. The van der Waals surface area contributed by atoms with Crippen molar-refractivity contribution in [3.8, 4) is 0 Å². The maximum atomic E-state index is 11.9. The summed E-state index contributed by atoms with van der Waals surface area (Å²) in [5, 5.41) is 7.46. The number of ketones is 1. The van der Waals surface area contributed by atoms with E-state index >= 15 is 0 Å². The van der Waals surface area contributed by atoms with Crippen molar-refractivity contribution in [1.82, 2.24) is 20.0 Å². The predicted molar refractivity (Wildman–Crippen MR) is 70.5 cm³/mol. The second-order valence-corrected chi connectivity index (χ2v) is 4.86. The largest absolute Gasteiger partial charge is 0.315 e. The molecule has 0 unspecified atom stereocenters. The van der Waals surface area contributed by atoms with Crippen molar-refractivity contribution in [3.05, 3.63) is 18.0 Å². The molecule has 1 saturated heterocycles. The Hall–Kier alpha value is -1.20. The minimum absolute atomic E-state index is 0.332. The summed E-state index contributed by atoms with van der Waals surface area (Å²) in [6.45, 7) is 4.68. The van der Waals surface area contributed by atoms with Crippen molar-refractivity contribution in [3.63, 3.8) is 0 Å². The highest BCUT2D eigenvalue weighted by Gasteiger charge is 2.13. The molecule has 0 atom stereocenters. The van der Waals surface area contributed by atoms with Crippen LogP contribution in [0.5, 0.6) is 0 Å². The lowest BCUT2D eigenvalue weighted by Gasteiger charge is -2.18. The molecule has 1 aliphatic heterocycles. The van der Waals surface area contributed by atoms with Gasteiger partial charge in [-0.2, -0.15) is 5.10 Å². The summed E-state index contributed by atoms with van der Waals surface area (Å²) in [5.41, 5.74) is 1.13. The average Bonchev–Trinajstić information content (AvgIpc) is 2.61. The molecule has 0 saturated carbocycles. The Balaban J connectivity index is 1.73. The monoisotopic (exact) mass is 250 g/mol. The highest BCUT2D eigenvalue weighted by atomic mass is 16.1. The summed E-state index contributed by atoms with van der Waals surface area (Å²) in [6, 6.07) is 1.98. The smallest absolute Gasteiger partial charge is 0.147 e. The van der Waals surface area contributed by atoms with E-state index in [1.165, 1.54) is 0 Å². The molecule has 5 nitrogen and oxygen atoms in total. The summed E-state index contributed by atoms with van der Waals surface area (Å²) in [5.74, 6) is 0.332. The zero-order chi connectivity index (χ0) is 12.8. The van der Waals surface area contributed by atoms with E-state index in [9.17, 15) is 4.79 Å². The van der Waals surface area contributed by atoms with E-state index in [0.29, 0.717) is 18.7 Å². The fourth-order valence-corrected chi connectivity index (χ4v) is 2.30. The Kier molecular flexibility index (Phi) is 4.90. The number of carbonyl (C=O) groups is 1. The third-order valence-electron chi connectivity index (χ3n) is 3.42. The lowest BCUT2D eigenvalue weighted by Crippen LogP contribution is -2.33. The first-order valence-electron chi connectivity index (χ1n) is 6.67. The van der Waals surface area contributed by atoms with E-state index in [0.717, 1.165) is 44.7 Å². The van der Waals surface area contributed by atoms with Crippen LogP contribution in [0.1, 0.15) is 18.5 Å². The van der Waals surface area contributed by atoms with Crippen molar-refractivity contribution in [2.75, 3.05) is 32.7 Å². The minimum Gasteiger partial charge on any atom is -0.315 e. The summed E-state index contributed by atoms with van der Waals surface area (Å²) >= 11 is 0. The van der Waals surface area contributed by atoms with Crippen LogP contribution in [0, 0.1) is 0 Å². The first-order chi connectivity index (χ1) is 8.75. The van der Waals surface area contributed by atoms with Crippen LogP contribution in [0.25, 0.3) is 0 Å². The van der Waals surface area contributed by atoms with Crippen LogP contribution < -0.4 is 5.32 Å². The van der Waals surface area contributed by atoms with Gasteiger partial charge in [-0.3, -0.25) is 14.4 Å². The number of hydrogen-bond acceptors (Lipinski definition) is 4. The number of aryl methyl sites for hydroxylation is 2. The van der Waals surface area contributed by atoms with Gasteiger partial charge >= 0.3 is 0 Å². The van der Waals surface area contributed by atoms with Crippen LogP contribution in [0.2, 0.25) is 0 Å². The van der Waals surface area contributed by atoms with Gasteiger partial charge < -0.3 is 5.32 Å². The molecule has 0 aromatic carbocycles. The van der Waals surface area contributed by atoms with Crippen molar-refractivity contribution >= 4 is 5.78 Å². The molecule has 1 aromatic heterocycles. The molecule has 1 aliphatic rings. The predicted octanol–water partition coefficient (Wildman–Crippen LogP) is 0.217. The molecule has 100 valence electrons. The van der Waals surface area contributed by atoms with Gasteiger partial charge in [0.2, 0.25) is 0 Å². The molecule has 0 aliphatic carbocycles. The summed E-state index contributed by atoms with van der Waals surface area (Å²) in [6.07, 6.45) is 4.32. The van der Waals surface area contributed by atoms with Gasteiger partial charge in [-0.25, -0.2) is 0 Å². The minimum atomic E-state index is 0.332. The molecule has 0 amide bonds. The van der Waals surface area contributed by atoms with Crippen LogP contribution in [-0.4, -0.2) is 53.2 Å². The second kappa shape index (κ2) is 6.66. The van der Waals surface area contributed by atoms with Crippen molar-refractivity contribution < 1.29 is 4.79 Å². The normalized spacial score (nSPS) is 17.6. The number of nitrogens with zero attached hydrogens (tertiary/aromatic N) is 3. The fraction of sp³-hybridized carbons (Fsp3) is 0.692. The first-order valence-corrected chi connectivity index (χ1v) is 6.67. The Labute approximate surface area is 108 Å². The van der Waals surface area contributed by atoms with Crippen LogP contribution in [-0.2, 0) is 18.3 Å². The Morgan fingerprint density at radius 2 is 2.33 bits per heavy atom. The van der Waals surface area contributed by atoms with Gasteiger partial charge in [-0.1, -0.05) is 0 Å². The fourth-order valence-electron chi connectivity index (χ4n) is 2.30. The molecule has 1 fully saturated rings. The van der Waals surface area contributed by atoms with Gasteiger partial charge in [-0.05, 0) is 32.0 Å². The number of hydrogen-bond donors (Lipinski definition) is 1. The van der Waals surface area contributed by atoms with Crippen LogP contribution in [0.4, 0.5) is 0 Å². The topological polar surface area (TPSA) is 50.2 Å². The highest BCUT2D eigenvalue weighted by Crippen LogP contribution is 2.03. The van der Waals surface area contributed by atoms with Crippen LogP contribution in [0.3, 0.4) is 0 Å². The van der Waals surface area contributed by atoms with E-state index in [4.69, 9.17) is 0 Å². The molecule has 18 heavy (non-hydrogen) atoms. The van der Waals surface area contributed by atoms with E-state index < -0.39 is 0 Å². The molecule has 0 bridgehead atoms. The molecule has 0 radical (unpaired) electrons. The van der Waals surface area contributed by atoms with Gasteiger partial charge in [0.05, 0.1) is 6.54 Å². The Morgan fingerprint density at radius 3 is 3.11 bits per heavy atom. The van der Waals surface area contributed by atoms with Gasteiger partial charge in [-0.15, -0.1) is 0 Å². The summed E-state index contributed by atoms with van der Waals surface area (Å²) in [4.78, 5) is 14.2. The standard InChI is InChI=1S/C13H22N4O/c1-16-12(5-7-15-16)3-4-13(18)11-17-9-2-6-14-8-10-17/h5,7,14H,2-4,6,8-11H2,1H3. The van der Waals surface area contributed by atoms with Crippen molar-refractivity contribution in [1.29, 1.82) is 0 Å². The molecule has 0 spiro atoms. The quantitative estimate of drug-likeness (QED) is 0.812. The van der Waals surface area contributed by atoms with Crippen molar-refractivity contribution in [2.24, 2.45) is 7.05 Å². The lowest BCUT2D eigenvalue weighted by molar-refractivity contribution is -0.120. The number of Topliss-reactive ketones (excluding diaryl/α,β-unsaturated/α-hetero) is 1. The number of nitrogens with one attached hydrogen (secondary N) is 1. The van der Waals surface area contributed by atoms with Crippen LogP contribution in [0.15, 0.2) is 12.3 Å². The Morgan fingerprint density at radius 1 is 1.44 bits per heavy atom. The van der Waals surface area contributed by atoms with E-state index in [-0.39, 0.29) is 0 Å². The SMILES string of the molecule is Cn1nccc1CCC(=O)CN1CCCNCC1. The number of rotatable bonds is 5. The Bertz CT molecular complexity index is 380. The van der Waals surface area contributed by atoms with Gasteiger partial charge in [0, 0.05) is 38.4 Å². The van der Waals surface area contributed by atoms with Gasteiger partial charge in [0.15, 0.2) is 0 Å². The molecule has 5 heteroatoms. The highest BCUT2D eigenvalue weighted by molar-refractivity contribution is 5.80. The zero-order valence-electron chi connectivity index (χ0n) is 11.1. The maximum absolute atomic E-state index is 11.9. The molecular weight excluding hydrogens is 228 g/mol. The lowest BCUT2D eigenvalue weighted by atomic mass is 10.1. The molecule has 2 heterocycles. The first kappa shape index (κ1) is 13.2. The molecular formula is C13H22N4O. The van der Waals surface area contributed by atoms with E-state index in [1.54, 1.807) is 6.20 Å².